The molecule has 0 saturated carbocycles. The molecule has 138 valence electrons. The average molecular weight is 362 g/mol. The number of hydrogen-bond donors (Lipinski definition) is 1. The van der Waals surface area contributed by atoms with E-state index in [2.05, 4.69) is 31.8 Å². The fourth-order valence-corrected chi connectivity index (χ4v) is 2.08. The second-order valence-electron chi connectivity index (χ2n) is 6.49. The van der Waals surface area contributed by atoms with Gasteiger partial charge in [0, 0.05) is 10.7 Å². The highest BCUT2D eigenvalue weighted by Crippen LogP contribution is 2.18. The molecule has 3 heteroatoms. The lowest BCUT2D eigenvalue weighted by molar-refractivity contribution is -0.114. The quantitative estimate of drug-likeness (QED) is 0.381. The molecule has 0 aliphatic rings. The zero-order valence-electron chi connectivity index (χ0n) is 16.7. The summed E-state index contributed by atoms with van der Waals surface area (Å²) in [5.74, 6) is 0.0700. The highest BCUT2D eigenvalue weighted by atomic mass is 35.5. The number of carbonyl (C=O) groups excluding carboxylic acids is 1. The zero-order chi connectivity index (χ0) is 19.6. The molecular formula is C22H32ClNO. The van der Waals surface area contributed by atoms with E-state index in [1.807, 2.05) is 52.8 Å². The van der Waals surface area contributed by atoms with Gasteiger partial charge < -0.3 is 5.32 Å². The Balaban J connectivity index is 4.85. The molecule has 0 radical (unpaired) electrons. The molecule has 0 aromatic rings. The first-order valence-corrected chi connectivity index (χ1v) is 8.96. The van der Waals surface area contributed by atoms with Gasteiger partial charge in [-0.05, 0) is 70.8 Å². The number of nitrogens with one attached hydrogen (secondary N) is 1. The molecule has 25 heavy (non-hydrogen) atoms. The summed E-state index contributed by atoms with van der Waals surface area (Å²) in [7, 11) is 0. The van der Waals surface area contributed by atoms with Crippen molar-refractivity contribution < 1.29 is 4.79 Å². The van der Waals surface area contributed by atoms with E-state index in [9.17, 15) is 4.79 Å². The average Bonchev–Trinajstić information content (AvgIpc) is 2.56. The molecule has 0 rings (SSSR count). The number of halogens is 1. The largest absolute Gasteiger partial charge is 0.381 e. The molecular weight excluding hydrogens is 330 g/mol. The van der Waals surface area contributed by atoms with Crippen LogP contribution in [0.1, 0.15) is 54.9 Å². The molecule has 0 fully saturated rings. The maximum Gasteiger partial charge on any atom is 0.177 e. The number of ketones is 1. The van der Waals surface area contributed by atoms with Gasteiger partial charge in [0.15, 0.2) is 5.78 Å². The fraction of sp³-hybridized carbons (Fsp3) is 0.409. The van der Waals surface area contributed by atoms with Crippen molar-refractivity contribution in [2.45, 2.75) is 54.9 Å². The monoisotopic (exact) mass is 361 g/mol. The summed E-state index contributed by atoms with van der Waals surface area (Å²) in [5, 5.41) is 3.79. The Morgan fingerprint density at radius 2 is 1.64 bits per heavy atom. The van der Waals surface area contributed by atoms with Crippen LogP contribution in [0, 0.1) is 0 Å². The smallest absolute Gasteiger partial charge is 0.177 e. The van der Waals surface area contributed by atoms with Gasteiger partial charge in [0.25, 0.3) is 0 Å². The predicted molar refractivity (Wildman–Crippen MR) is 112 cm³/mol. The van der Waals surface area contributed by atoms with Crippen LogP contribution < -0.4 is 5.32 Å². The van der Waals surface area contributed by atoms with Crippen molar-refractivity contribution >= 4 is 17.4 Å². The first-order valence-electron chi connectivity index (χ1n) is 8.58. The minimum absolute atomic E-state index is 0.0700. The summed E-state index contributed by atoms with van der Waals surface area (Å²) in [6.07, 6.45) is 8.95. The third kappa shape index (κ3) is 9.93. The molecule has 0 saturated heterocycles. The second-order valence-corrected chi connectivity index (χ2v) is 6.86. The third-order valence-electron chi connectivity index (χ3n) is 3.75. The third-order valence-corrected chi connectivity index (χ3v) is 4.37. The van der Waals surface area contributed by atoms with Gasteiger partial charge in [0.2, 0.25) is 0 Å². The zero-order valence-corrected chi connectivity index (χ0v) is 17.5. The molecule has 0 bridgehead atoms. The van der Waals surface area contributed by atoms with E-state index >= 15 is 0 Å². The van der Waals surface area contributed by atoms with Gasteiger partial charge in [-0.2, -0.15) is 0 Å². The highest BCUT2D eigenvalue weighted by molar-refractivity contribution is 6.32. The highest BCUT2D eigenvalue weighted by Gasteiger charge is 2.04. The maximum absolute atomic E-state index is 12.2. The molecule has 0 spiro atoms. The van der Waals surface area contributed by atoms with E-state index < -0.39 is 0 Å². The van der Waals surface area contributed by atoms with E-state index in [4.69, 9.17) is 11.6 Å². The Hall–Kier alpha value is -1.80. The van der Waals surface area contributed by atoms with Crippen LogP contribution in [0.3, 0.4) is 0 Å². The number of hydrogen-bond acceptors (Lipinski definition) is 2. The number of Topliss-reactive ketones (excluding diaryl/α,β-unsaturated/α-hetero) is 1. The van der Waals surface area contributed by atoms with Crippen molar-refractivity contribution in [2.24, 2.45) is 0 Å². The van der Waals surface area contributed by atoms with Crippen molar-refractivity contribution in [1.82, 2.24) is 5.32 Å². The van der Waals surface area contributed by atoms with E-state index in [1.165, 1.54) is 5.57 Å². The molecule has 0 aliphatic carbocycles. The number of allylic oxidation sites excluding steroid dienone is 10. The molecule has 0 heterocycles. The summed E-state index contributed by atoms with van der Waals surface area (Å²) in [6.45, 7) is 17.9. The van der Waals surface area contributed by atoms with Crippen LogP contribution in [0.5, 0.6) is 0 Å². The van der Waals surface area contributed by atoms with Gasteiger partial charge in [-0.15, -0.1) is 0 Å². The van der Waals surface area contributed by atoms with Crippen LogP contribution in [-0.4, -0.2) is 12.3 Å². The van der Waals surface area contributed by atoms with Crippen LogP contribution in [0.25, 0.3) is 0 Å². The molecule has 1 N–H and O–H groups in total. The van der Waals surface area contributed by atoms with Gasteiger partial charge in [0.05, 0.1) is 6.54 Å². The van der Waals surface area contributed by atoms with Gasteiger partial charge in [-0.3, -0.25) is 4.79 Å². The van der Waals surface area contributed by atoms with Crippen LogP contribution >= 0.6 is 11.6 Å². The molecule has 0 atom stereocenters. The van der Waals surface area contributed by atoms with E-state index in [0.717, 1.165) is 34.4 Å². The van der Waals surface area contributed by atoms with Crippen LogP contribution in [-0.2, 0) is 4.79 Å². The van der Waals surface area contributed by atoms with Crippen molar-refractivity contribution in [1.29, 1.82) is 0 Å². The van der Waals surface area contributed by atoms with Crippen molar-refractivity contribution in [3.05, 3.63) is 69.5 Å². The van der Waals surface area contributed by atoms with E-state index in [1.54, 1.807) is 0 Å². The summed E-state index contributed by atoms with van der Waals surface area (Å²) < 4.78 is 0. The minimum atomic E-state index is 0.0700. The standard InChI is InChI=1S/C22H32ClNO/c1-9-16(4)12-17(5)10-11-18(6)21(25)14-24-20(8)13-19(7)22(23)15(2)3/h10-13,24H,2,9,14H2,1,3-8H3/b16-12+,17-10-,18-11+,20-13+,22-19+. The lowest BCUT2D eigenvalue weighted by Crippen LogP contribution is -2.22. The maximum atomic E-state index is 12.2. The summed E-state index contributed by atoms with van der Waals surface area (Å²) >= 11 is 6.16. The summed E-state index contributed by atoms with van der Waals surface area (Å²) in [4.78, 5) is 12.2. The van der Waals surface area contributed by atoms with Crippen LogP contribution in [0.2, 0.25) is 0 Å². The topological polar surface area (TPSA) is 29.1 Å². The van der Waals surface area contributed by atoms with Gasteiger partial charge in [0.1, 0.15) is 0 Å². The Kier molecular flexibility index (Phi) is 10.9. The Morgan fingerprint density at radius 3 is 2.16 bits per heavy atom. The molecule has 0 unspecified atom stereocenters. The van der Waals surface area contributed by atoms with Gasteiger partial charge in [-0.25, -0.2) is 0 Å². The van der Waals surface area contributed by atoms with Crippen LogP contribution in [0.15, 0.2) is 69.5 Å². The Bertz CT molecular complexity index is 658. The second kappa shape index (κ2) is 11.7. The van der Waals surface area contributed by atoms with Gasteiger partial charge >= 0.3 is 0 Å². The number of rotatable bonds is 9. The lowest BCUT2D eigenvalue weighted by atomic mass is 10.1. The van der Waals surface area contributed by atoms with Crippen molar-refractivity contribution in [3.8, 4) is 0 Å². The fourth-order valence-electron chi connectivity index (χ4n) is 2.02. The number of carbonyl (C=O) groups is 1. The van der Waals surface area contributed by atoms with Crippen LogP contribution in [0.4, 0.5) is 0 Å². The normalized spacial score (nSPS) is 15.0. The predicted octanol–water partition coefficient (Wildman–Crippen LogP) is 6.39. The molecule has 0 amide bonds. The molecule has 0 aromatic heterocycles. The first kappa shape index (κ1) is 23.2. The van der Waals surface area contributed by atoms with Crippen molar-refractivity contribution in [3.63, 3.8) is 0 Å². The molecule has 0 aromatic carbocycles. The molecule has 0 aliphatic heterocycles. The Morgan fingerprint density at radius 1 is 1.04 bits per heavy atom. The first-order chi connectivity index (χ1) is 11.6. The van der Waals surface area contributed by atoms with E-state index in [-0.39, 0.29) is 12.3 Å². The van der Waals surface area contributed by atoms with E-state index in [0.29, 0.717) is 5.03 Å². The van der Waals surface area contributed by atoms with Crippen molar-refractivity contribution in [2.75, 3.05) is 6.54 Å². The SMILES string of the molecule is C=C(C)/C(Cl)=C(C)\C=C(/C)NCC(=O)/C(C)=C/C=C(C)\C=C(/C)CC. The molecule has 2 nitrogen and oxygen atoms in total. The lowest BCUT2D eigenvalue weighted by Gasteiger charge is -2.07. The summed E-state index contributed by atoms with van der Waals surface area (Å²) in [5.41, 5.74) is 5.85. The Labute approximate surface area is 158 Å². The minimum Gasteiger partial charge on any atom is -0.381 e. The summed E-state index contributed by atoms with van der Waals surface area (Å²) in [6, 6.07) is 0. The van der Waals surface area contributed by atoms with Gasteiger partial charge in [-0.1, -0.05) is 54.5 Å².